The Morgan fingerprint density at radius 1 is 1.26 bits per heavy atom. The number of hydrogen-bond acceptors (Lipinski definition) is 5. The Morgan fingerprint density at radius 2 is 1.97 bits per heavy atom. The molecule has 2 heterocycles. The molecule has 3 fully saturated rings. The number of anilines is 1. The van der Waals surface area contributed by atoms with Crippen molar-refractivity contribution in [1.29, 1.82) is 0 Å². The molecule has 0 spiro atoms. The summed E-state index contributed by atoms with van der Waals surface area (Å²) >= 11 is 0. The van der Waals surface area contributed by atoms with Gasteiger partial charge in [0, 0.05) is 36.9 Å². The van der Waals surface area contributed by atoms with Gasteiger partial charge in [-0.1, -0.05) is 0 Å². The maximum absolute atomic E-state index is 14.3. The first kappa shape index (κ1) is 23.0. The van der Waals surface area contributed by atoms with Crippen LogP contribution in [0.15, 0.2) is 24.4 Å². The number of nitrogens with two attached hydrogens (primary N) is 1. The van der Waals surface area contributed by atoms with Crippen molar-refractivity contribution in [3.8, 4) is 17.0 Å². The summed E-state index contributed by atoms with van der Waals surface area (Å²) in [6.07, 6.45) is 6.64. The van der Waals surface area contributed by atoms with Crippen LogP contribution in [0, 0.1) is 23.5 Å². The highest BCUT2D eigenvalue weighted by Gasteiger charge is 2.36. The van der Waals surface area contributed by atoms with Crippen LogP contribution < -0.4 is 20.7 Å². The first-order chi connectivity index (χ1) is 16.2. The molecule has 2 aliphatic carbocycles. The zero-order valence-electron chi connectivity index (χ0n) is 19.7. The summed E-state index contributed by atoms with van der Waals surface area (Å²) in [5.41, 5.74) is 7.65. The summed E-state index contributed by atoms with van der Waals surface area (Å²) in [6.45, 7) is 5.57. The second-order valence-corrected chi connectivity index (χ2v) is 10.5. The van der Waals surface area contributed by atoms with E-state index in [9.17, 15) is 13.6 Å². The van der Waals surface area contributed by atoms with Crippen LogP contribution in [0.1, 0.15) is 56.3 Å². The van der Waals surface area contributed by atoms with E-state index >= 15 is 0 Å². The Labute approximate surface area is 198 Å². The Bertz CT molecular complexity index is 1080. The minimum atomic E-state index is -0.698. The third kappa shape index (κ3) is 5.02. The van der Waals surface area contributed by atoms with E-state index in [0.29, 0.717) is 53.9 Å². The normalized spacial score (nSPS) is 23.1. The van der Waals surface area contributed by atoms with Crippen molar-refractivity contribution < 1.29 is 18.3 Å². The van der Waals surface area contributed by atoms with Crippen LogP contribution in [0.5, 0.6) is 5.88 Å². The highest BCUT2D eigenvalue weighted by molar-refractivity contribution is 6.04. The zero-order chi connectivity index (χ0) is 24.0. The summed E-state index contributed by atoms with van der Waals surface area (Å²) < 4.78 is 34.7. The molecule has 3 N–H and O–H groups in total. The molecule has 1 amide bonds. The molecular weight excluding hydrogens is 438 g/mol. The van der Waals surface area contributed by atoms with E-state index < -0.39 is 17.2 Å². The molecule has 0 unspecified atom stereocenters. The number of hydrogen-bond donors (Lipinski definition) is 2. The Hall–Kier alpha value is -2.74. The number of pyridine rings is 1. The number of nitrogens with one attached hydrogen (secondary N) is 1. The van der Waals surface area contributed by atoms with Gasteiger partial charge in [0.15, 0.2) is 0 Å². The van der Waals surface area contributed by atoms with Gasteiger partial charge in [-0.3, -0.25) is 4.79 Å². The molecule has 0 radical (unpaired) electrons. The average molecular weight is 471 g/mol. The van der Waals surface area contributed by atoms with Crippen molar-refractivity contribution in [2.24, 2.45) is 17.6 Å². The third-order valence-corrected chi connectivity index (χ3v) is 7.07. The molecule has 6 nitrogen and oxygen atoms in total. The molecule has 182 valence electrons. The van der Waals surface area contributed by atoms with Crippen LogP contribution in [-0.4, -0.2) is 42.2 Å². The van der Waals surface area contributed by atoms with Crippen molar-refractivity contribution >= 4 is 11.6 Å². The molecule has 3 aliphatic rings. The van der Waals surface area contributed by atoms with Gasteiger partial charge in [-0.15, -0.1) is 0 Å². The standard InChI is InChI=1S/C26H32F2N4O2/c1-15(17-5-6-17)31-24(33)21-12-30-25(34-13-16-3-4-16)22(18-9-19(27)11-20(28)10-18)23(21)32-8-7-26(2,29)14-32/h9-12,15-17H,3-8,13-14,29H2,1-2H3,(H,31,33)/t15-,26-/m0/s1. The van der Waals surface area contributed by atoms with Gasteiger partial charge in [0.05, 0.1) is 23.4 Å². The zero-order valence-corrected chi connectivity index (χ0v) is 19.7. The van der Waals surface area contributed by atoms with Gasteiger partial charge in [-0.05, 0) is 75.5 Å². The Kier molecular flexibility index (Phi) is 5.96. The van der Waals surface area contributed by atoms with Crippen LogP contribution in [0.3, 0.4) is 0 Å². The van der Waals surface area contributed by atoms with Crippen LogP contribution in [0.4, 0.5) is 14.5 Å². The van der Waals surface area contributed by atoms with Crippen molar-refractivity contribution in [3.63, 3.8) is 0 Å². The predicted octanol–water partition coefficient (Wildman–Crippen LogP) is 4.27. The van der Waals surface area contributed by atoms with E-state index in [2.05, 4.69) is 10.3 Å². The maximum Gasteiger partial charge on any atom is 0.255 e. The fourth-order valence-electron chi connectivity index (χ4n) is 4.70. The lowest BCUT2D eigenvalue weighted by Gasteiger charge is -2.28. The van der Waals surface area contributed by atoms with E-state index in [1.165, 1.54) is 18.3 Å². The van der Waals surface area contributed by atoms with Crippen LogP contribution >= 0.6 is 0 Å². The molecule has 2 saturated carbocycles. The number of carbonyl (C=O) groups excluding carboxylic acids is 1. The predicted molar refractivity (Wildman–Crippen MR) is 127 cm³/mol. The van der Waals surface area contributed by atoms with Crippen molar-refractivity contribution in [3.05, 3.63) is 41.6 Å². The van der Waals surface area contributed by atoms with E-state index in [-0.39, 0.29) is 17.8 Å². The van der Waals surface area contributed by atoms with E-state index in [4.69, 9.17) is 10.5 Å². The van der Waals surface area contributed by atoms with Gasteiger partial charge in [0.25, 0.3) is 5.91 Å². The largest absolute Gasteiger partial charge is 0.477 e. The average Bonchev–Trinajstić information content (AvgIpc) is 3.68. The number of benzene rings is 1. The van der Waals surface area contributed by atoms with Gasteiger partial charge >= 0.3 is 0 Å². The second kappa shape index (κ2) is 8.80. The monoisotopic (exact) mass is 470 g/mol. The molecular formula is C26H32F2N4O2. The lowest BCUT2D eigenvalue weighted by atomic mass is 9.99. The van der Waals surface area contributed by atoms with Gasteiger partial charge in [-0.25, -0.2) is 13.8 Å². The quantitative estimate of drug-likeness (QED) is 0.602. The number of ether oxygens (including phenoxy) is 1. The van der Waals surface area contributed by atoms with E-state index in [0.717, 1.165) is 38.2 Å². The van der Waals surface area contributed by atoms with Crippen molar-refractivity contribution in [1.82, 2.24) is 10.3 Å². The second-order valence-electron chi connectivity index (χ2n) is 10.5. The molecule has 34 heavy (non-hydrogen) atoms. The van der Waals surface area contributed by atoms with Crippen molar-refractivity contribution in [2.75, 3.05) is 24.6 Å². The van der Waals surface area contributed by atoms with Gasteiger partial charge < -0.3 is 20.7 Å². The molecule has 5 rings (SSSR count). The van der Waals surface area contributed by atoms with Crippen LogP contribution in [0.25, 0.3) is 11.1 Å². The first-order valence-electron chi connectivity index (χ1n) is 12.2. The number of amides is 1. The summed E-state index contributed by atoms with van der Waals surface area (Å²) in [5, 5.41) is 3.10. The highest BCUT2D eigenvalue weighted by atomic mass is 19.1. The number of aromatic nitrogens is 1. The lowest BCUT2D eigenvalue weighted by molar-refractivity contribution is 0.0936. The van der Waals surface area contributed by atoms with E-state index in [1.807, 2.05) is 18.7 Å². The fourth-order valence-corrected chi connectivity index (χ4v) is 4.70. The minimum absolute atomic E-state index is 0.0413. The van der Waals surface area contributed by atoms with Crippen LogP contribution in [0.2, 0.25) is 0 Å². The number of rotatable bonds is 8. The van der Waals surface area contributed by atoms with Gasteiger partial charge in [-0.2, -0.15) is 0 Å². The summed E-state index contributed by atoms with van der Waals surface area (Å²) in [5.74, 6) is -0.419. The molecule has 0 bridgehead atoms. The molecule has 1 saturated heterocycles. The Morgan fingerprint density at radius 3 is 2.56 bits per heavy atom. The molecule has 1 aromatic carbocycles. The van der Waals surface area contributed by atoms with Gasteiger partial charge in [0.2, 0.25) is 5.88 Å². The summed E-state index contributed by atoms with van der Waals surface area (Å²) in [7, 11) is 0. The number of nitrogens with zero attached hydrogens (tertiary/aromatic N) is 2. The third-order valence-electron chi connectivity index (χ3n) is 7.07. The van der Waals surface area contributed by atoms with Gasteiger partial charge in [0.1, 0.15) is 11.6 Å². The highest BCUT2D eigenvalue weighted by Crippen LogP contribution is 2.43. The molecule has 2 atom stereocenters. The summed E-state index contributed by atoms with van der Waals surface area (Å²) in [4.78, 5) is 19.9. The van der Waals surface area contributed by atoms with Crippen LogP contribution in [-0.2, 0) is 0 Å². The lowest BCUT2D eigenvalue weighted by Crippen LogP contribution is -2.40. The summed E-state index contributed by atoms with van der Waals surface area (Å²) in [6, 6.07) is 3.40. The molecule has 1 aliphatic heterocycles. The molecule has 1 aromatic heterocycles. The first-order valence-corrected chi connectivity index (χ1v) is 12.2. The smallest absolute Gasteiger partial charge is 0.255 e. The molecule has 2 aromatic rings. The SMILES string of the molecule is C[C@H](NC(=O)c1cnc(OCC2CC2)c(-c2cc(F)cc(F)c2)c1N1CC[C@](C)(N)C1)C1CC1. The maximum atomic E-state index is 14.3. The fraction of sp³-hybridized carbons (Fsp3) is 0.538. The number of halogens is 2. The molecule has 8 heteroatoms. The van der Waals surface area contributed by atoms with E-state index in [1.54, 1.807) is 0 Å². The van der Waals surface area contributed by atoms with Crippen molar-refractivity contribution in [2.45, 2.75) is 57.5 Å². The Balaban J connectivity index is 1.64. The topological polar surface area (TPSA) is 80.5 Å². The minimum Gasteiger partial charge on any atom is -0.477 e. The number of carbonyl (C=O) groups is 1.